The van der Waals surface area contributed by atoms with E-state index in [1.165, 1.54) is 17.0 Å². The topological polar surface area (TPSA) is 67.2 Å². The fraction of sp³-hybridized carbons (Fsp3) is 0.353. The molecule has 2 amide bonds. The molecule has 0 saturated carbocycles. The average Bonchev–Trinajstić information content (AvgIpc) is 2.94. The van der Waals surface area contributed by atoms with Gasteiger partial charge in [0.25, 0.3) is 0 Å². The second-order valence-electron chi connectivity index (χ2n) is 6.04. The van der Waals surface area contributed by atoms with Crippen LogP contribution in [0.3, 0.4) is 0 Å². The van der Waals surface area contributed by atoms with Crippen molar-refractivity contribution in [3.05, 3.63) is 48.0 Å². The van der Waals surface area contributed by atoms with Crippen molar-refractivity contribution in [2.75, 3.05) is 12.4 Å². The number of rotatable bonds is 3. The lowest BCUT2D eigenvalue weighted by Crippen LogP contribution is -2.44. The fourth-order valence-corrected chi connectivity index (χ4v) is 3.18. The Morgan fingerprint density at radius 3 is 2.83 bits per heavy atom. The van der Waals surface area contributed by atoms with Crippen molar-refractivity contribution in [1.82, 2.24) is 14.7 Å². The van der Waals surface area contributed by atoms with Crippen molar-refractivity contribution in [3.8, 4) is 0 Å². The van der Waals surface area contributed by atoms with E-state index in [2.05, 4.69) is 10.4 Å². The molecule has 2 aromatic rings. The molecular formula is C17H19FN4O2. The van der Waals surface area contributed by atoms with Gasteiger partial charge in [0.15, 0.2) is 0 Å². The smallest absolute Gasteiger partial charge is 0.230 e. The summed E-state index contributed by atoms with van der Waals surface area (Å²) in [5.74, 6) is -1.08. The molecule has 1 N–H and O–H groups in total. The van der Waals surface area contributed by atoms with Gasteiger partial charge in [0.1, 0.15) is 5.82 Å². The summed E-state index contributed by atoms with van der Waals surface area (Å²) in [6.07, 6.45) is 3.99. The Hall–Kier alpha value is -2.70. The SMILES string of the molecule is CN1C(=O)CC[C@H](C(=O)Nc2cnn(C)c2)[C@H]1c1cccc(F)c1. The predicted molar refractivity (Wildman–Crippen MR) is 86.5 cm³/mol. The van der Waals surface area contributed by atoms with E-state index in [9.17, 15) is 14.0 Å². The van der Waals surface area contributed by atoms with Crippen LogP contribution in [-0.2, 0) is 16.6 Å². The van der Waals surface area contributed by atoms with Gasteiger partial charge in [-0.3, -0.25) is 14.3 Å². The molecule has 126 valence electrons. The number of carbonyl (C=O) groups is 2. The van der Waals surface area contributed by atoms with Crippen molar-refractivity contribution in [3.63, 3.8) is 0 Å². The van der Waals surface area contributed by atoms with E-state index >= 15 is 0 Å². The first-order chi connectivity index (χ1) is 11.5. The maximum atomic E-state index is 13.6. The molecule has 0 aliphatic carbocycles. The number of hydrogen-bond acceptors (Lipinski definition) is 3. The molecule has 1 aromatic carbocycles. The molecule has 0 unspecified atom stereocenters. The monoisotopic (exact) mass is 330 g/mol. The Morgan fingerprint density at radius 1 is 1.38 bits per heavy atom. The van der Waals surface area contributed by atoms with E-state index in [0.717, 1.165) is 0 Å². The molecule has 7 heteroatoms. The number of halogens is 1. The van der Waals surface area contributed by atoms with Gasteiger partial charge in [0.05, 0.1) is 23.8 Å². The first kappa shape index (κ1) is 16.2. The van der Waals surface area contributed by atoms with Gasteiger partial charge in [-0.1, -0.05) is 12.1 Å². The van der Waals surface area contributed by atoms with Crippen LogP contribution in [-0.4, -0.2) is 33.5 Å². The molecule has 0 spiro atoms. The van der Waals surface area contributed by atoms with Gasteiger partial charge in [-0.15, -0.1) is 0 Å². The Bertz CT molecular complexity index is 773. The highest BCUT2D eigenvalue weighted by Gasteiger charge is 2.39. The van der Waals surface area contributed by atoms with Gasteiger partial charge in [0.2, 0.25) is 11.8 Å². The maximum absolute atomic E-state index is 13.6. The molecule has 2 heterocycles. The van der Waals surface area contributed by atoms with Crippen LogP contribution in [0, 0.1) is 11.7 Å². The molecule has 3 rings (SSSR count). The van der Waals surface area contributed by atoms with Crippen LogP contribution >= 0.6 is 0 Å². The lowest BCUT2D eigenvalue weighted by molar-refractivity contribution is -0.140. The van der Waals surface area contributed by atoms with Gasteiger partial charge in [-0.05, 0) is 24.1 Å². The number of hydrogen-bond donors (Lipinski definition) is 1. The highest BCUT2D eigenvalue weighted by atomic mass is 19.1. The Balaban J connectivity index is 1.88. The minimum absolute atomic E-state index is 0.0466. The molecule has 6 nitrogen and oxygen atoms in total. The molecule has 24 heavy (non-hydrogen) atoms. The van der Waals surface area contributed by atoms with Crippen molar-refractivity contribution >= 4 is 17.5 Å². The molecule has 1 aliphatic heterocycles. The van der Waals surface area contributed by atoms with Gasteiger partial charge in [-0.25, -0.2) is 4.39 Å². The molecule has 0 radical (unpaired) electrons. The maximum Gasteiger partial charge on any atom is 0.230 e. The van der Waals surface area contributed by atoms with E-state index in [0.29, 0.717) is 24.1 Å². The van der Waals surface area contributed by atoms with Crippen molar-refractivity contribution in [2.24, 2.45) is 13.0 Å². The lowest BCUT2D eigenvalue weighted by Gasteiger charge is -2.38. The van der Waals surface area contributed by atoms with Crippen molar-refractivity contribution in [2.45, 2.75) is 18.9 Å². The standard InChI is InChI=1S/C17H19FN4O2/c1-21-10-13(9-19-21)20-17(24)14-6-7-15(23)22(2)16(14)11-4-3-5-12(18)8-11/h3-5,8-10,14,16H,6-7H2,1-2H3,(H,20,24)/t14-,16+/m0/s1. The van der Waals surface area contributed by atoms with Crippen LogP contribution in [0.1, 0.15) is 24.4 Å². The number of aryl methyl sites for hydroxylation is 1. The molecule has 1 fully saturated rings. The molecule has 1 aromatic heterocycles. The summed E-state index contributed by atoms with van der Waals surface area (Å²) in [5.41, 5.74) is 1.22. The summed E-state index contributed by atoms with van der Waals surface area (Å²) in [5, 5.41) is 6.85. The van der Waals surface area contributed by atoms with Crippen LogP contribution in [0.2, 0.25) is 0 Å². The number of amides is 2. The van der Waals surface area contributed by atoms with E-state index in [1.807, 2.05) is 0 Å². The number of nitrogens with one attached hydrogen (secondary N) is 1. The lowest BCUT2D eigenvalue weighted by atomic mass is 9.84. The van der Waals surface area contributed by atoms with Crippen LogP contribution in [0.5, 0.6) is 0 Å². The van der Waals surface area contributed by atoms with Crippen LogP contribution in [0.25, 0.3) is 0 Å². The third-order valence-corrected chi connectivity index (χ3v) is 4.36. The highest BCUT2D eigenvalue weighted by Crippen LogP contribution is 2.36. The van der Waals surface area contributed by atoms with Crippen LogP contribution in [0.15, 0.2) is 36.7 Å². The van der Waals surface area contributed by atoms with Gasteiger partial charge >= 0.3 is 0 Å². The van der Waals surface area contributed by atoms with Crippen molar-refractivity contribution < 1.29 is 14.0 Å². The average molecular weight is 330 g/mol. The predicted octanol–water partition coefficient (Wildman–Crippen LogP) is 2.11. The number of nitrogens with zero attached hydrogens (tertiary/aromatic N) is 3. The van der Waals surface area contributed by atoms with E-state index in [4.69, 9.17) is 0 Å². The molecular weight excluding hydrogens is 311 g/mol. The molecule has 0 bridgehead atoms. The molecule has 1 saturated heterocycles. The van der Waals surface area contributed by atoms with Gasteiger partial charge in [-0.2, -0.15) is 5.10 Å². The first-order valence-electron chi connectivity index (χ1n) is 7.76. The van der Waals surface area contributed by atoms with E-state index in [-0.39, 0.29) is 17.6 Å². The summed E-state index contributed by atoms with van der Waals surface area (Å²) in [4.78, 5) is 26.3. The Labute approximate surface area is 139 Å². The minimum Gasteiger partial charge on any atom is -0.338 e. The summed E-state index contributed by atoms with van der Waals surface area (Å²) < 4.78 is 15.2. The Morgan fingerprint density at radius 2 is 2.17 bits per heavy atom. The minimum atomic E-state index is -0.487. The number of carbonyl (C=O) groups excluding carboxylic acids is 2. The summed E-state index contributed by atoms with van der Waals surface area (Å²) in [6, 6.07) is 5.57. The molecule has 1 aliphatic rings. The van der Waals surface area contributed by atoms with Crippen LogP contribution < -0.4 is 5.32 Å². The number of aromatic nitrogens is 2. The number of benzene rings is 1. The third-order valence-electron chi connectivity index (χ3n) is 4.36. The summed E-state index contributed by atoms with van der Waals surface area (Å²) >= 11 is 0. The van der Waals surface area contributed by atoms with Crippen LogP contribution in [0.4, 0.5) is 10.1 Å². The largest absolute Gasteiger partial charge is 0.338 e. The summed E-state index contributed by atoms with van der Waals surface area (Å²) in [6.45, 7) is 0. The zero-order valence-corrected chi connectivity index (χ0v) is 13.6. The third kappa shape index (κ3) is 3.15. The highest BCUT2D eigenvalue weighted by molar-refractivity contribution is 5.94. The zero-order chi connectivity index (χ0) is 17.3. The van der Waals surface area contributed by atoms with Crippen molar-refractivity contribution in [1.29, 1.82) is 0 Å². The van der Waals surface area contributed by atoms with Gasteiger partial charge in [0, 0.05) is 26.7 Å². The summed E-state index contributed by atoms with van der Waals surface area (Å²) in [7, 11) is 3.42. The first-order valence-corrected chi connectivity index (χ1v) is 7.76. The second kappa shape index (κ2) is 6.43. The quantitative estimate of drug-likeness (QED) is 0.937. The molecule has 2 atom stereocenters. The number of likely N-dealkylation sites (tertiary alicyclic amines) is 1. The zero-order valence-electron chi connectivity index (χ0n) is 13.6. The number of anilines is 1. The second-order valence-corrected chi connectivity index (χ2v) is 6.04. The van der Waals surface area contributed by atoms with Gasteiger partial charge < -0.3 is 10.2 Å². The Kier molecular flexibility index (Phi) is 4.33. The van der Waals surface area contributed by atoms with E-state index < -0.39 is 12.0 Å². The number of piperidine rings is 1. The fourth-order valence-electron chi connectivity index (χ4n) is 3.18. The normalized spacial score (nSPS) is 21.0. The van der Waals surface area contributed by atoms with E-state index in [1.54, 1.807) is 43.3 Å².